The zero-order valence-corrected chi connectivity index (χ0v) is 13.3. The topological polar surface area (TPSA) is 72.9 Å². The lowest BCUT2D eigenvalue weighted by atomic mass is 9.91. The lowest BCUT2D eigenvalue weighted by Crippen LogP contribution is -2.60. The second-order valence-corrected chi connectivity index (χ2v) is 6.69. The molecule has 5 nitrogen and oxygen atoms in total. The van der Waals surface area contributed by atoms with Gasteiger partial charge in [-0.2, -0.15) is 5.10 Å². The minimum atomic E-state index is -0.616. The number of aryl methyl sites for hydroxylation is 1. The highest BCUT2D eigenvalue weighted by atomic mass is 16.1. The highest BCUT2D eigenvalue weighted by Gasteiger charge is 2.52. The summed E-state index contributed by atoms with van der Waals surface area (Å²) in [7, 11) is 0. The van der Waals surface area contributed by atoms with E-state index in [2.05, 4.69) is 24.3 Å². The fourth-order valence-corrected chi connectivity index (χ4v) is 3.45. The molecule has 1 atom stereocenters. The summed E-state index contributed by atoms with van der Waals surface area (Å²) in [4.78, 5) is 12.3. The van der Waals surface area contributed by atoms with Crippen LogP contribution in [0.1, 0.15) is 49.6 Å². The molecule has 2 fully saturated rings. The number of amides is 1. The molecule has 0 saturated heterocycles. The number of carbonyl (C=O) groups is 1. The third-order valence-corrected chi connectivity index (χ3v) is 5.04. The number of aromatic nitrogens is 2. The first-order valence-electron chi connectivity index (χ1n) is 8.08. The van der Waals surface area contributed by atoms with Crippen molar-refractivity contribution in [2.45, 2.75) is 71.0 Å². The summed E-state index contributed by atoms with van der Waals surface area (Å²) in [5.41, 5.74) is 8.72. The van der Waals surface area contributed by atoms with E-state index in [1.165, 1.54) is 11.3 Å². The summed E-state index contributed by atoms with van der Waals surface area (Å²) >= 11 is 0. The summed E-state index contributed by atoms with van der Waals surface area (Å²) in [5.74, 6) is 0.145. The molecule has 0 aromatic carbocycles. The molecule has 1 amide bonds. The van der Waals surface area contributed by atoms with Crippen molar-refractivity contribution in [1.82, 2.24) is 15.1 Å². The van der Waals surface area contributed by atoms with Crippen LogP contribution in [0.15, 0.2) is 0 Å². The molecular weight excluding hydrogens is 264 g/mol. The number of rotatable bonds is 7. The first-order chi connectivity index (χ1) is 9.98. The van der Waals surface area contributed by atoms with Gasteiger partial charge < -0.3 is 5.73 Å². The van der Waals surface area contributed by atoms with Gasteiger partial charge in [-0.25, -0.2) is 0 Å². The molecule has 0 aliphatic heterocycles. The van der Waals surface area contributed by atoms with Crippen molar-refractivity contribution in [3.8, 4) is 0 Å². The van der Waals surface area contributed by atoms with E-state index in [-0.39, 0.29) is 5.91 Å². The van der Waals surface area contributed by atoms with E-state index in [1.54, 1.807) is 0 Å². The van der Waals surface area contributed by atoms with Gasteiger partial charge in [-0.1, -0.05) is 6.92 Å². The molecule has 3 rings (SSSR count). The minimum absolute atomic E-state index is 0.220. The van der Waals surface area contributed by atoms with Crippen molar-refractivity contribution < 1.29 is 4.79 Å². The minimum Gasteiger partial charge on any atom is -0.368 e. The molecule has 0 radical (unpaired) electrons. The maximum absolute atomic E-state index is 12.3. The fourth-order valence-electron chi connectivity index (χ4n) is 3.45. The Kier molecular flexibility index (Phi) is 3.56. The van der Waals surface area contributed by atoms with Crippen molar-refractivity contribution in [3.05, 3.63) is 17.0 Å². The van der Waals surface area contributed by atoms with Crippen LogP contribution in [0.2, 0.25) is 0 Å². The Morgan fingerprint density at radius 3 is 2.48 bits per heavy atom. The molecule has 116 valence electrons. The molecule has 0 spiro atoms. The molecule has 5 heteroatoms. The SMILES string of the molecule is CCc1c(C)nn(CC(NC2CC2)(C(N)=O)C2CC2)c1C. The van der Waals surface area contributed by atoms with Crippen LogP contribution in [0.3, 0.4) is 0 Å². The van der Waals surface area contributed by atoms with Crippen LogP contribution >= 0.6 is 0 Å². The van der Waals surface area contributed by atoms with Crippen LogP contribution in [-0.4, -0.2) is 27.3 Å². The van der Waals surface area contributed by atoms with Crippen LogP contribution in [0.25, 0.3) is 0 Å². The molecule has 1 unspecified atom stereocenters. The Morgan fingerprint density at radius 2 is 2.05 bits per heavy atom. The lowest BCUT2D eigenvalue weighted by molar-refractivity contribution is -0.126. The molecule has 1 heterocycles. The first-order valence-corrected chi connectivity index (χ1v) is 8.08. The molecule has 2 saturated carbocycles. The number of nitrogens with two attached hydrogens (primary N) is 1. The summed E-state index contributed by atoms with van der Waals surface area (Å²) in [5, 5.41) is 8.21. The predicted molar refractivity (Wildman–Crippen MR) is 81.9 cm³/mol. The molecular formula is C16H26N4O. The number of nitrogens with zero attached hydrogens (tertiary/aromatic N) is 2. The van der Waals surface area contributed by atoms with Gasteiger partial charge in [0, 0.05) is 11.7 Å². The van der Waals surface area contributed by atoms with E-state index in [0.29, 0.717) is 18.5 Å². The van der Waals surface area contributed by atoms with Gasteiger partial charge in [-0.15, -0.1) is 0 Å². The third kappa shape index (κ3) is 2.59. The second-order valence-electron chi connectivity index (χ2n) is 6.69. The van der Waals surface area contributed by atoms with Gasteiger partial charge in [-0.3, -0.25) is 14.8 Å². The number of nitrogens with one attached hydrogen (secondary N) is 1. The van der Waals surface area contributed by atoms with Crippen LogP contribution in [-0.2, 0) is 17.8 Å². The lowest BCUT2D eigenvalue weighted by Gasteiger charge is -2.32. The normalized spacial score (nSPS) is 21.3. The van der Waals surface area contributed by atoms with Crippen molar-refractivity contribution in [2.24, 2.45) is 11.7 Å². The summed E-state index contributed by atoms with van der Waals surface area (Å²) in [6, 6.07) is 0.459. The fraction of sp³-hybridized carbons (Fsp3) is 0.750. The predicted octanol–water partition coefficient (Wildman–Crippen LogP) is 1.45. The van der Waals surface area contributed by atoms with Crippen LogP contribution in [0, 0.1) is 19.8 Å². The van der Waals surface area contributed by atoms with Crippen molar-refractivity contribution in [3.63, 3.8) is 0 Å². The van der Waals surface area contributed by atoms with Gasteiger partial charge >= 0.3 is 0 Å². The van der Waals surface area contributed by atoms with E-state index in [0.717, 1.165) is 37.8 Å². The Bertz CT molecular complexity index is 557. The van der Waals surface area contributed by atoms with Crippen LogP contribution < -0.4 is 11.1 Å². The van der Waals surface area contributed by atoms with E-state index >= 15 is 0 Å². The molecule has 2 aliphatic rings. The van der Waals surface area contributed by atoms with Gasteiger partial charge in [0.05, 0.1) is 12.2 Å². The highest BCUT2D eigenvalue weighted by Crippen LogP contribution is 2.42. The molecule has 2 aliphatic carbocycles. The van der Waals surface area contributed by atoms with E-state index in [9.17, 15) is 4.79 Å². The Morgan fingerprint density at radius 1 is 1.38 bits per heavy atom. The Hall–Kier alpha value is -1.36. The van der Waals surface area contributed by atoms with Gasteiger partial charge in [0.2, 0.25) is 5.91 Å². The van der Waals surface area contributed by atoms with Gasteiger partial charge in [-0.05, 0) is 57.4 Å². The van der Waals surface area contributed by atoms with Crippen molar-refractivity contribution in [2.75, 3.05) is 0 Å². The van der Waals surface area contributed by atoms with Gasteiger partial charge in [0.1, 0.15) is 5.54 Å². The molecule has 0 bridgehead atoms. The Balaban J connectivity index is 1.92. The molecule has 3 N–H and O–H groups in total. The zero-order chi connectivity index (χ0) is 15.2. The van der Waals surface area contributed by atoms with Gasteiger partial charge in [0.25, 0.3) is 0 Å². The van der Waals surface area contributed by atoms with Crippen LogP contribution in [0.4, 0.5) is 0 Å². The van der Waals surface area contributed by atoms with E-state index in [4.69, 9.17) is 5.73 Å². The maximum Gasteiger partial charge on any atom is 0.239 e. The van der Waals surface area contributed by atoms with Gasteiger partial charge in [0.15, 0.2) is 0 Å². The maximum atomic E-state index is 12.3. The van der Waals surface area contributed by atoms with Crippen molar-refractivity contribution >= 4 is 5.91 Å². The average molecular weight is 290 g/mol. The first kappa shape index (κ1) is 14.6. The van der Waals surface area contributed by atoms with Crippen LogP contribution in [0.5, 0.6) is 0 Å². The third-order valence-electron chi connectivity index (χ3n) is 5.04. The summed E-state index contributed by atoms with van der Waals surface area (Å²) in [6.07, 6.45) is 5.45. The molecule has 21 heavy (non-hydrogen) atoms. The van der Waals surface area contributed by atoms with E-state index < -0.39 is 5.54 Å². The Labute approximate surface area is 126 Å². The quantitative estimate of drug-likeness (QED) is 0.798. The zero-order valence-electron chi connectivity index (χ0n) is 13.3. The number of hydrogen-bond acceptors (Lipinski definition) is 3. The standard InChI is InChI=1S/C16H26N4O/c1-4-14-10(2)19-20(11(14)3)9-16(15(17)21,12-5-6-12)18-13-7-8-13/h12-13,18H,4-9H2,1-3H3,(H2,17,21). The average Bonchev–Trinajstić information content (AvgIpc) is 3.30. The number of hydrogen-bond donors (Lipinski definition) is 2. The molecule has 1 aromatic heterocycles. The monoisotopic (exact) mass is 290 g/mol. The van der Waals surface area contributed by atoms with Crippen molar-refractivity contribution in [1.29, 1.82) is 0 Å². The summed E-state index contributed by atoms with van der Waals surface area (Å²) < 4.78 is 1.99. The smallest absolute Gasteiger partial charge is 0.239 e. The second kappa shape index (κ2) is 5.13. The van der Waals surface area contributed by atoms with E-state index in [1.807, 2.05) is 11.6 Å². The largest absolute Gasteiger partial charge is 0.368 e. The highest BCUT2D eigenvalue weighted by molar-refractivity contribution is 5.85. The molecule has 1 aromatic rings. The number of primary amides is 1. The number of carbonyl (C=O) groups excluding carboxylic acids is 1. The summed E-state index contributed by atoms with van der Waals surface area (Å²) in [6.45, 7) is 6.84.